The van der Waals surface area contributed by atoms with Gasteiger partial charge in [0.25, 0.3) is 0 Å². The van der Waals surface area contributed by atoms with Crippen LogP contribution in [0.3, 0.4) is 0 Å². The molecule has 1 heterocycles. The number of anilines is 1. The number of rotatable bonds is 9. The van der Waals surface area contributed by atoms with E-state index in [9.17, 15) is 14.9 Å². The fourth-order valence-electron chi connectivity index (χ4n) is 5.49. The van der Waals surface area contributed by atoms with E-state index in [-0.39, 0.29) is 30.1 Å². The third-order valence-electron chi connectivity index (χ3n) is 8.00. The fraction of sp³-hybridized carbons (Fsp3) is 0.312. The maximum Gasteiger partial charge on any atom is 0.247 e. The third kappa shape index (κ3) is 7.83. The number of carbonyl (C=O) groups excluding carboxylic acids is 2. The van der Waals surface area contributed by atoms with Crippen LogP contribution in [-0.4, -0.2) is 45.0 Å². The van der Waals surface area contributed by atoms with Gasteiger partial charge in [0.2, 0.25) is 17.6 Å². The van der Waals surface area contributed by atoms with Gasteiger partial charge in [-0.3, -0.25) is 9.59 Å². The van der Waals surface area contributed by atoms with Gasteiger partial charge in [-0.05, 0) is 109 Å². The normalized spacial score (nSPS) is 16.8. The molecule has 11 heteroatoms. The maximum absolute atomic E-state index is 13.5. The third-order valence-corrected chi connectivity index (χ3v) is 8.00. The molecular formula is C32H35ClN8O2. The minimum absolute atomic E-state index is 0. The smallest absolute Gasteiger partial charge is 0.247 e. The summed E-state index contributed by atoms with van der Waals surface area (Å²) < 4.78 is 0. The predicted molar refractivity (Wildman–Crippen MR) is 167 cm³/mol. The highest BCUT2D eigenvalue weighted by Gasteiger charge is 2.29. The quantitative estimate of drug-likeness (QED) is 0.219. The van der Waals surface area contributed by atoms with Crippen molar-refractivity contribution < 1.29 is 9.59 Å². The largest absolute Gasteiger partial charge is 0.344 e. The van der Waals surface area contributed by atoms with Crippen molar-refractivity contribution in [2.75, 3.05) is 11.9 Å². The van der Waals surface area contributed by atoms with E-state index in [2.05, 4.69) is 37.3 Å². The monoisotopic (exact) mass is 598 g/mol. The first-order valence-corrected chi connectivity index (χ1v) is 14.2. The molecule has 0 spiro atoms. The van der Waals surface area contributed by atoms with Crippen molar-refractivity contribution >= 4 is 29.9 Å². The number of benzene rings is 3. The van der Waals surface area contributed by atoms with Crippen LogP contribution in [0.15, 0.2) is 66.7 Å². The second kappa shape index (κ2) is 14.5. The molecule has 2 amide bonds. The van der Waals surface area contributed by atoms with E-state index in [0.717, 1.165) is 53.5 Å². The van der Waals surface area contributed by atoms with Gasteiger partial charge in [-0.25, -0.2) is 0 Å². The molecule has 0 radical (unpaired) electrons. The molecule has 1 aliphatic carbocycles. The highest BCUT2D eigenvalue weighted by molar-refractivity contribution is 5.97. The lowest BCUT2D eigenvalue weighted by Gasteiger charge is -2.28. The number of tetrazole rings is 1. The number of nitrogens with zero attached hydrogens (tertiary/aromatic N) is 4. The summed E-state index contributed by atoms with van der Waals surface area (Å²) in [7, 11) is 0. The number of hydrogen-bond donors (Lipinski definition) is 4. The minimum Gasteiger partial charge on any atom is -0.344 e. The SMILES string of the molecule is Cc1cc(C#N)ccc1-c1ccc(C[C@H](NC(=O)[C@H]2CC[C@H](CN)CC2)C(=O)Nc2ccc(-c3nn[nH]n3)cc2)cc1.Cl. The predicted octanol–water partition coefficient (Wildman–Crippen LogP) is 4.57. The Morgan fingerprint density at radius 3 is 2.33 bits per heavy atom. The van der Waals surface area contributed by atoms with Crippen LogP contribution in [0, 0.1) is 30.1 Å². The van der Waals surface area contributed by atoms with Gasteiger partial charge in [0.05, 0.1) is 11.6 Å². The molecule has 43 heavy (non-hydrogen) atoms. The number of aromatic nitrogens is 4. The molecule has 222 valence electrons. The van der Waals surface area contributed by atoms with Crippen LogP contribution in [-0.2, 0) is 16.0 Å². The summed E-state index contributed by atoms with van der Waals surface area (Å²) in [6.45, 7) is 2.62. The Morgan fingerprint density at radius 2 is 1.72 bits per heavy atom. The molecule has 0 aliphatic heterocycles. The first kappa shape index (κ1) is 31.3. The zero-order chi connectivity index (χ0) is 29.5. The number of hydrogen-bond acceptors (Lipinski definition) is 7. The van der Waals surface area contributed by atoms with Gasteiger partial charge in [-0.2, -0.15) is 10.5 Å². The Morgan fingerprint density at radius 1 is 1.02 bits per heavy atom. The number of nitriles is 1. The average molecular weight is 599 g/mol. The summed E-state index contributed by atoms with van der Waals surface area (Å²) in [5.41, 5.74) is 11.8. The van der Waals surface area contributed by atoms with E-state index in [0.29, 0.717) is 36.0 Å². The number of carbonyl (C=O) groups is 2. The molecule has 1 saturated carbocycles. The summed E-state index contributed by atoms with van der Waals surface area (Å²) in [6.07, 6.45) is 3.74. The van der Waals surface area contributed by atoms with Crippen molar-refractivity contribution in [3.8, 4) is 28.6 Å². The Bertz CT molecular complexity index is 1560. The fourth-order valence-corrected chi connectivity index (χ4v) is 5.49. The number of aromatic amines is 1. The molecule has 1 atom stereocenters. The van der Waals surface area contributed by atoms with Gasteiger partial charge in [-0.15, -0.1) is 22.6 Å². The molecule has 3 aromatic carbocycles. The zero-order valence-corrected chi connectivity index (χ0v) is 24.7. The molecule has 0 bridgehead atoms. The van der Waals surface area contributed by atoms with E-state index in [4.69, 9.17) is 5.73 Å². The minimum atomic E-state index is -0.760. The number of nitrogens with one attached hydrogen (secondary N) is 3. The molecule has 1 aromatic heterocycles. The van der Waals surface area contributed by atoms with Gasteiger partial charge in [0.15, 0.2) is 0 Å². The molecule has 4 aromatic rings. The Labute approximate surface area is 256 Å². The Kier molecular flexibility index (Phi) is 10.6. The molecule has 5 rings (SSSR count). The first-order valence-electron chi connectivity index (χ1n) is 14.2. The lowest BCUT2D eigenvalue weighted by Crippen LogP contribution is -2.48. The number of amides is 2. The van der Waals surface area contributed by atoms with E-state index < -0.39 is 6.04 Å². The second-order valence-electron chi connectivity index (χ2n) is 10.9. The highest BCUT2D eigenvalue weighted by atomic mass is 35.5. The average Bonchev–Trinajstić information content (AvgIpc) is 3.57. The van der Waals surface area contributed by atoms with Crippen LogP contribution in [0.4, 0.5) is 5.69 Å². The molecule has 0 unspecified atom stereocenters. The van der Waals surface area contributed by atoms with Crippen LogP contribution in [0.1, 0.15) is 42.4 Å². The highest BCUT2D eigenvalue weighted by Crippen LogP contribution is 2.29. The van der Waals surface area contributed by atoms with Gasteiger partial charge >= 0.3 is 0 Å². The molecule has 1 fully saturated rings. The first-order chi connectivity index (χ1) is 20.4. The van der Waals surface area contributed by atoms with Gasteiger partial charge in [0.1, 0.15) is 6.04 Å². The molecular weight excluding hydrogens is 564 g/mol. The number of halogens is 1. The van der Waals surface area contributed by atoms with Gasteiger partial charge in [-0.1, -0.05) is 30.3 Å². The van der Waals surface area contributed by atoms with Crippen molar-refractivity contribution in [3.63, 3.8) is 0 Å². The summed E-state index contributed by atoms with van der Waals surface area (Å²) in [5, 5.41) is 29.1. The molecule has 10 nitrogen and oxygen atoms in total. The Hall–Kier alpha value is -4.59. The van der Waals surface area contributed by atoms with E-state index in [1.165, 1.54) is 0 Å². The van der Waals surface area contributed by atoms with Crippen molar-refractivity contribution in [2.24, 2.45) is 17.6 Å². The summed E-state index contributed by atoms with van der Waals surface area (Å²) >= 11 is 0. The van der Waals surface area contributed by atoms with E-state index in [1.807, 2.05) is 49.4 Å². The van der Waals surface area contributed by atoms with Crippen LogP contribution < -0.4 is 16.4 Å². The summed E-state index contributed by atoms with van der Waals surface area (Å²) in [4.78, 5) is 26.8. The zero-order valence-electron chi connectivity index (χ0n) is 23.9. The van der Waals surface area contributed by atoms with Gasteiger partial charge in [0, 0.05) is 23.6 Å². The lowest BCUT2D eigenvalue weighted by atomic mass is 9.81. The van der Waals surface area contributed by atoms with E-state index >= 15 is 0 Å². The summed E-state index contributed by atoms with van der Waals surface area (Å²) in [6, 6.07) is 22.1. The van der Waals surface area contributed by atoms with Crippen LogP contribution in [0.2, 0.25) is 0 Å². The lowest BCUT2D eigenvalue weighted by molar-refractivity contribution is -0.130. The summed E-state index contributed by atoms with van der Waals surface area (Å²) in [5.74, 6) is 0.407. The molecule has 1 aliphatic rings. The maximum atomic E-state index is 13.5. The number of nitrogens with two attached hydrogens (primary N) is 1. The number of aryl methyl sites for hydroxylation is 1. The van der Waals surface area contributed by atoms with Gasteiger partial charge < -0.3 is 16.4 Å². The second-order valence-corrected chi connectivity index (χ2v) is 10.9. The van der Waals surface area contributed by atoms with Crippen LogP contribution >= 0.6 is 12.4 Å². The van der Waals surface area contributed by atoms with Crippen molar-refractivity contribution in [1.29, 1.82) is 5.26 Å². The van der Waals surface area contributed by atoms with Crippen LogP contribution in [0.25, 0.3) is 22.5 Å². The Balaban J connectivity index is 0.00000423. The van der Waals surface area contributed by atoms with Crippen LogP contribution in [0.5, 0.6) is 0 Å². The number of H-pyrrole nitrogens is 1. The van der Waals surface area contributed by atoms with Crippen molar-refractivity contribution in [3.05, 3.63) is 83.4 Å². The van der Waals surface area contributed by atoms with Crippen molar-refractivity contribution in [2.45, 2.75) is 45.1 Å². The van der Waals surface area contributed by atoms with Crippen molar-refractivity contribution in [1.82, 2.24) is 25.9 Å². The molecule has 0 saturated heterocycles. The standard InChI is InChI=1S/C32H34N8O2.ClH/c1-20-16-23(19-34)6-15-28(20)24-7-2-21(3-8-24)17-29(36-31(41)26-9-4-22(18-33)5-10-26)32(42)35-27-13-11-25(12-14-27)30-37-39-40-38-30;/h2-3,6-8,11-16,22,26,29H,4-5,9-10,17-18,33H2,1H3,(H,35,42)(H,36,41)(H,37,38,39,40);1H/t22-,26-,29-;/m0./s1. The topological polar surface area (TPSA) is 162 Å². The van der Waals surface area contributed by atoms with E-state index in [1.54, 1.807) is 24.3 Å². The molecule has 5 N–H and O–H groups in total.